The minimum absolute atomic E-state index is 1.09. The van der Waals surface area contributed by atoms with E-state index in [0.717, 1.165) is 17.3 Å². The van der Waals surface area contributed by atoms with Gasteiger partial charge in [0.2, 0.25) is 0 Å². The summed E-state index contributed by atoms with van der Waals surface area (Å²) >= 11 is 1.09. The van der Waals surface area contributed by atoms with Crippen molar-refractivity contribution >= 4 is 11.8 Å². The predicted octanol–water partition coefficient (Wildman–Crippen LogP) is 2.28. The Balaban J connectivity index is 3.69. The van der Waals surface area contributed by atoms with Crippen molar-refractivity contribution < 1.29 is 0 Å². The summed E-state index contributed by atoms with van der Waals surface area (Å²) in [5, 5.41) is 11.6. The van der Waals surface area contributed by atoms with Crippen molar-refractivity contribution in [3.63, 3.8) is 0 Å². The van der Waals surface area contributed by atoms with Crippen molar-refractivity contribution in [2.24, 2.45) is 0 Å². The molecule has 8 heavy (non-hydrogen) atoms. The Morgan fingerprint density at radius 2 is 2.25 bits per heavy atom. The van der Waals surface area contributed by atoms with Gasteiger partial charge in [0, 0.05) is 5.41 Å². The van der Waals surface area contributed by atoms with Crippen LogP contribution in [-0.4, -0.2) is 0 Å². The van der Waals surface area contributed by atoms with E-state index >= 15 is 0 Å². The smallest absolute Gasteiger partial charge is 0.138 e. The predicted molar refractivity (Wildman–Crippen MR) is 36.1 cm³/mol. The largest absolute Gasteiger partial charge is 0.185 e. The molecule has 0 atom stereocenters. The Labute approximate surface area is 53.7 Å². The van der Waals surface area contributed by atoms with Crippen LogP contribution in [0.4, 0.5) is 0 Å². The summed E-state index contributed by atoms with van der Waals surface area (Å²) < 4.78 is 0. The van der Waals surface area contributed by atoms with Crippen molar-refractivity contribution in [3.8, 4) is 5.40 Å². The van der Waals surface area contributed by atoms with E-state index in [1.54, 1.807) is 5.41 Å². The molecule has 0 aromatic carbocycles. The molecular formula is C6H7NS. The summed E-state index contributed by atoms with van der Waals surface area (Å²) in [4.78, 5) is 0. The molecule has 0 spiro atoms. The average Bonchev–Trinajstić information content (AvgIpc) is 1.66. The number of hydrogen-bond donors (Lipinski definition) is 0. The molecule has 0 unspecified atom stereocenters. The quantitative estimate of drug-likeness (QED) is 0.396. The van der Waals surface area contributed by atoms with Gasteiger partial charge in [0.25, 0.3) is 0 Å². The summed E-state index contributed by atoms with van der Waals surface area (Å²) in [7, 11) is 0. The van der Waals surface area contributed by atoms with Gasteiger partial charge in [-0.3, -0.25) is 0 Å². The van der Waals surface area contributed by atoms with Crippen LogP contribution < -0.4 is 0 Å². The average molecular weight is 125 g/mol. The van der Waals surface area contributed by atoms with Gasteiger partial charge in [0.1, 0.15) is 5.40 Å². The molecule has 0 amide bonds. The number of hydrogen-bond acceptors (Lipinski definition) is 2. The number of allylic oxidation sites excluding steroid dienone is 1. The highest BCUT2D eigenvalue weighted by Crippen LogP contribution is 1.96. The van der Waals surface area contributed by atoms with Crippen LogP contribution in [0.3, 0.4) is 0 Å². The van der Waals surface area contributed by atoms with Crippen LogP contribution in [0, 0.1) is 10.7 Å². The first-order chi connectivity index (χ1) is 3.77. The van der Waals surface area contributed by atoms with E-state index in [4.69, 9.17) is 5.26 Å². The van der Waals surface area contributed by atoms with Crippen LogP contribution in [0.1, 0.15) is 13.8 Å². The standard InChI is InChI=1S/C6H7NS/c1-6(2)3-4-8-5-7/h4H,1-2H3. The number of nitriles is 1. The lowest BCUT2D eigenvalue weighted by molar-refractivity contribution is 1.41. The van der Waals surface area contributed by atoms with Crippen LogP contribution in [0.5, 0.6) is 0 Å². The minimum Gasteiger partial charge on any atom is -0.185 e. The van der Waals surface area contributed by atoms with Crippen LogP contribution in [0.25, 0.3) is 0 Å². The molecule has 2 heteroatoms. The van der Waals surface area contributed by atoms with E-state index in [9.17, 15) is 0 Å². The van der Waals surface area contributed by atoms with Gasteiger partial charge < -0.3 is 0 Å². The summed E-state index contributed by atoms with van der Waals surface area (Å²) in [6.45, 7) is 3.88. The maximum atomic E-state index is 8.01. The fourth-order valence-electron chi connectivity index (χ4n) is 0.174. The van der Waals surface area contributed by atoms with Gasteiger partial charge in [-0.25, -0.2) is 0 Å². The summed E-state index contributed by atoms with van der Waals surface area (Å²) in [5.74, 6) is 0. The highest BCUT2D eigenvalue weighted by Gasteiger charge is 1.68. The Hall–Kier alpha value is -0.640. The lowest BCUT2D eigenvalue weighted by Gasteiger charge is -1.72. The van der Waals surface area contributed by atoms with Gasteiger partial charge in [-0.15, -0.1) is 5.73 Å². The Bertz CT molecular complexity index is 154. The van der Waals surface area contributed by atoms with E-state index in [-0.39, 0.29) is 0 Å². The highest BCUT2D eigenvalue weighted by atomic mass is 32.2. The van der Waals surface area contributed by atoms with Gasteiger partial charge in [-0.1, -0.05) is 0 Å². The van der Waals surface area contributed by atoms with E-state index in [0.29, 0.717) is 0 Å². The summed E-state index contributed by atoms with van der Waals surface area (Å²) in [6.07, 6.45) is 0. The molecule has 0 saturated heterocycles. The maximum Gasteiger partial charge on any atom is 0.138 e. The molecule has 0 N–H and O–H groups in total. The number of thioether (sulfide) groups is 1. The highest BCUT2D eigenvalue weighted by molar-refractivity contribution is 8.06. The normalized spacial score (nSPS) is 6.62. The van der Waals surface area contributed by atoms with Crippen molar-refractivity contribution in [2.45, 2.75) is 13.8 Å². The van der Waals surface area contributed by atoms with Gasteiger partial charge in [0.05, 0.1) is 0 Å². The third-order valence-electron chi connectivity index (χ3n) is 0.459. The first-order valence-electron chi connectivity index (χ1n) is 2.20. The van der Waals surface area contributed by atoms with E-state index in [1.807, 2.05) is 19.2 Å². The molecule has 0 aliphatic rings. The molecule has 0 fully saturated rings. The molecule has 0 aliphatic carbocycles. The lowest BCUT2D eigenvalue weighted by atomic mass is 10.4. The zero-order valence-electron chi connectivity index (χ0n) is 4.93. The SMILES string of the molecule is CC(C)=C=CSC#N. The fourth-order valence-corrected chi connectivity index (χ4v) is 0.521. The van der Waals surface area contributed by atoms with Crippen molar-refractivity contribution in [1.29, 1.82) is 5.26 Å². The molecule has 0 bridgehead atoms. The molecule has 42 valence electrons. The zero-order valence-corrected chi connectivity index (χ0v) is 5.75. The van der Waals surface area contributed by atoms with Crippen molar-refractivity contribution in [2.75, 3.05) is 0 Å². The van der Waals surface area contributed by atoms with Gasteiger partial charge in [0.15, 0.2) is 0 Å². The van der Waals surface area contributed by atoms with Crippen molar-refractivity contribution in [1.82, 2.24) is 0 Å². The Kier molecular flexibility index (Phi) is 4.16. The first kappa shape index (κ1) is 7.36. The first-order valence-corrected chi connectivity index (χ1v) is 3.08. The number of nitrogens with zero attached hydrogens (tertiary/aromatic N) is 1. The second-order valence-corrected chi connectivity index (χ2v) is 2.13. The summed E-state index contributed by atoms with van der Waals surface area (Å²) in [6, 6.07) is 0. The lowest BCUT2D eigenvalue weighted by Crippen LogP contribution is -1.50. The second-order valence-electron chi connectivity index (χ2n) is 1.47. The number of rotatable bonds is 1. The summed E-state index contributed by atoms with van der Waals surface area (Å²) in [5.41, 5.74) is 3.97. The third-order valence-corrected chi connectivity index (χ3v) is 0.800. The minimum atomic E-state index is 1.09. The fraction of sp³-hybridized carbons (Fsp3) is 0.333. The monoisotopic (exact) mass is 125 g/mol. The second kappa shape index (κ2) is 4.52. The molecule has 0 rings (SSSR count). The van der Waals surface area contributed by atoms with E-state index < -0.39 is 0 Å². The van der Waals surface area contributed by atoms with E-state index in [1.165, 1.54) is 0 Å². The van der Waals surface area contributed by atoms with Crippen LogP contribution in [0.15, 0.2) is 16.7 Å². The molecular weight excluding hydrogens is 118 g/mol. The topological polar surface area (TPSA) is 23.8 Å². The van der Waals surface area contributed by atoms with Crippen molar-refractivity contribution in [3.05, 3.63) is 16.7 Å². The Morgan fingerprint density at radius 3 is 2.62 bits per heavy atom. The van der Waals surface area contributed by atoms with E-state index in [2.05, 4.69) is 5.73 Å². The van der Waals surface area contributed by atoms with Crippen LogP contribution in [-0.2, 0) is 0 Å². The molecule has 0 heterocycles. The molecule has 1 nitrogen and oxygen atoms in total. The Morgan fingerprint density at radius 1 is 1.62 bits per heavy atom. The molecule has 0 aliphatic heterocycles. The van der Waals surface area contributed by atoms with Gasteiger partial charge in [-0.2, -0.15) is 5.26 Å². The molecule has 0 saturated carbocycles. The van der Waals surface area contributed by atoms with Gasteiger partial charge in [-0.05, 0) is 31.2 Å². The van der Waals surface area contributed by atoms with Gasteiger partial charge >= 0.3 is 0 Å². The third kappa shape index (κ3) is 5.36. The molecule has 0 radical (unpaired) electrons. The van der Waals surface area contributed by atoms with Crippen LogP contribution >= 0.6 is 11.8 Å². The number of thiocyanates is 1. The molecule has 0 aromatic heterocycles. The van der Waals surface area contributed by atoms with Crippen LogP contribution in [0.2, 0.25) is 0 Å². The zero-order chi connectivity index (χ0) is 6.41. The maximum absolute atomic E-state index is 8.01. The molecule has 0 aromatic rings.